The number of hydrogen-bond donors (Lipinski definition) is 1. The maximum Gasteiger partial charge on any atom is 0.147 e. The molecule has 5 heteroatoms. The first-order valence-corrected chi connectivity index (χ1v) is 6.79. The molecular formula is C12H15Cl2N3. The molecule has 1 aromatic heterocycles. The van der Waals surface area contributed by atoms with Crippen LogP contribution in [-0.4, -0.2) is 30.7 Å². The van der Waals surface area contributed by atoms with Gasteiger partial charge >= 0.3 is 0 Å². The zero-order valence-electron chi connectivity index (χ0n) is 9.50. The van der Waals surface area contributed by atoms with Crippen LogP contribution in [0.2, 0.25) is 10.2 Å². The molecule has 0 saturated carbocycles. The summed E-state index contributed by atoms with van der Waals surface area (Å²) in [6, 6.07) is 2.63. The van der Waals surface area contributed by atoms with Crippen molar-refractivity contribution >= 4 is 28.9 Å². The largest absolute Gasteiger partial charge is 0.370 e. The van der Waals surface area contributed by atoms with Gasteiger partial charge in [0.15, 0.2) is 0 Å². The van der Waals surface area contributed by atoms with Crippen molar-refractivity contribution in [1.29, 1.82) is 0 Å². The second-order valence-electron chi connectivity index (χ2n) is 4.81. The predicted molar refractivity (Wildman–Crippen MR) is 71.0 cm³/mol. The van der Waals surface area contributed by atoms with Crippen molar-refractivity contribution in [3.05, 3.63) is 22.4 Å². The van der Waals surface area contributed by atoms with E-state index in [-0.39, 0.29) is 0 Å². The Morgan fingerprint density at radius 1 is 1.29 bits per heavy atom. The lowest BCUT2D eigenvalue weighted by molar-refractivity contribution is 0.226. The summed E-state index contributed by atoms with van der Waals surface area (Å²) in [4.78, 5) is 6.47. The van der Waals surface area contributed by atoms with E-state index < -0.39 is 0 Å². The van der Waals surface area contributed by atoms with Gasteiger partial charge in [0.2, 0.25) is 0 Å². The average molecular weight is 272 g/mol. The number of fused-ring (bicyclic) bond motifs is 1. The molecule has 1 N–H and O–H groups in total. The van der Waals surface area contributed by atoms with Gasteiger partial charge in [0.05, 0.1) is 16.9 Å². The standard InChI is InChI=1S/C12H15Cl2N3/c13-10-5-9(7-16-12(10)14)17-3-1-8-6-15-11(8)2-4-17/h5,7-8,11,15H,1-4,6H2. The van der Waals surface area contributed by atoms with Gasteiger partial charge in [-0.1, -0.05) is 23.2 Å². The zero-order valence-corrected chi connectivity index (χ0v) is 11.0. The lowest BCUT2D eigenvalue weighted by atomic mass is 9.88. The maximum atomic E-state index is 6.01. The monoisotopic (exact) mass is 271 g/mol. The van der Waals surface area contributed by atoms with E-state index in [2.05, 4.69) is 15.2 Å². The molecule has 0 spiro atoms. The van der Waals surface area contributed by atoms with Crippen molar-refractivity contribution in [2.24, 2.45) is 5.92 Å². The van der Waals surface area contributed by atoms with E-state index in [4.69, 9.17) is 23.2 Å². The van der Waals surface area contributed by atoms with E-state index in [0.717, 1.165) is 30.7 Å². The van der Waals surface area contributed by atoms with Crippen molar-refractivity contribution in [2.45, 2.75) is 18.9 Å². The second-order valence-corrected chi connectivity index (χ2v) is 5.57. The first kappa shape index (κ1) is 11.6. The van der Waals surface area contributed by atoms with Crippen molar-refractivity contribution in [3.8, 4) is 0 Å². The third kappa shape index (κ3) is 2.24. The molecule has 17 heavy (non-hydrogen) atoms. The molecule has 0 bridgehead atoms. The molecule has 0 aliphatic carbocycles. The van der Waals surface area contributed by atoms with E-state index in [9.17, 15) is 0 Å². The third-order valence-electron chi connectivity index (χ3n) is 3.84. The van der Waals surface area contributed by atoms with Crippen LogP contribution in [0.15, 0.2) is 12.3 Å². The minimum absolute atomic E-state index is 0.381. The number of anilines is 1. The molecule has 0 aromatic carbocycles. The highest BCUT2D eigenvalue weighted by atomic mass is 35.5. The Morgan fingerprint density at radius 3 is 2.82 bits per heavy atom. The van der Waals surface area contributed by atoms with Crippen LogP contribution in [0.25, 0.3) is 0 Å². The first-order chi connectivity index (χ1) is 8.24. The third-order valence-corrected chi connectivity index (χ3v) is 4.52. The van der Waals surface area contributed by atoms with Gasteiger partial charge in [-0.15, -0.1) is 0 Å². The van der Waals surface area contributed by atoms with Gasteiger partial charge in [-0.3, -0.25) is 0 Å². The molecule has 3 nitrogen and oxygen atoms in total. The number of hydrogen-bond acceptors (Lipinski definition) is 3. The number of pyridine rings is 1. The quantitative estimate of drug-likeness (QED) is 0.796. The summed E-state index contributed by atoms with van der Waals surface area (Å²) < 4.78 is 0. The summed E-state index contributed by atoms with van der Waals surface area (Å²) in [6.07, 6.45) is 4.26. The molecule has 2 fully saturated rings. The SMILES string of the molecule is Clc1cc(N2CCC3CNC3CC2)cnc1Cl. The minimum atomic E-state index is 0.381. The Labute approximate surface area is 111 Å². The van der Waals surface area contributed by atoms with Crippen LogP contribution >= 0.6 is 23.2 Å². The highest BCUT2D eigenvalue weighted by Gasteiger charge is 2.32. The molecular weight excluding hydrogens is 257 g/mol. The molecule has 2 aliphatic heterocycles. The lowest BCUT2D eigenvalue weighted by Gasteiger charge is -2.36. The van der Waals surface area contributed by atoms with Crippen LogP contribution in [0.1, 0.15) is 12.8 Å². The topological polar surface area (TPSA) is 28.2 Å². The number of rotatable bonds is 1. The van der Waals surface area contributed by atoms with Crippen molar-refractivity contribution in [3.63, 3.8) is 0 Å². The molecule has 2 saturated heterocycles. The summed E-state index contributed by atoms with van der Waals surface area (Å²) in [5, 5.41) is 4.41. The Bertz CT molecular complexity index is 410. The molecule has 2 unspecified atom stereocenters. The Kier molecular flexibility index (Phi) is 3.16. The van der Waals surface area contributed by atoms with Crippen LogP contribution < -0.4 is 10.2 Å². The molecule has 1 aromatic rings. The first-order valence-electron chi connectivity index (χ1n) is 6.03. The van der Waals surface area contributed by atoms with Gasteiger partial charge in [0, 0.05) is 19.1 Å². The van der Waals surface area contributed by atoms with Gasteiger partial charge in [-0.25, -0.2) is 4.98 Å². The number of halogens is 2. The fourth-order valence-corrected chi connectivity index (χ4v) is 2.93. The minimum Gasteiger partial charge on any atom is -0.370 e. The van der Waals surface area contributed by atoms with E-state index in [1.165, 1.54) is 19.4 Å². The van der Waals surface area contributed by atoms with Gasteiger partial charge in [-0.2, -0.15) is 0 Å². The van der Waals surface area contributed by atoms with Crippen LogP contribution in [0.4, 0.5) is 5.69 Å². The van der Waals surface area contributed by atoms with Crippen molar-refractivity contribution in [2.75, 3.05) is 24.5 Å². The Balaban J connectivity index is 1.76. The Morgan fingerprint density at radius 2 is 2.12 bits per heavy atom. The molecule has 0 amide bonds. The van der Waals surface area contributed by atoms with Crippen LogP contribution in [0, 0.1) is 5.92 Å². The van der Waals surface area contributed by atoms with E-state index in [1.807, 2.05) is 12.3 Å². The molecule has 2 aliphatic rings. The zero-order chi connectivity index (χ0) is 11.8. The molecule has 3 heterocycles. The smallest absolute Gasteiger partial charge is 0.147 e. The lowest BCUT2D eigenvalue weighted by Crippen LogP contribution is -2.52. The second kappa shape index (κ2) is 4.63. The summed E-state index contributed by atoms with van der Waals surface area (Å²) >= 11 is 11.8. The highest BCUT2D eigenvalue weighted by molar-refractivity contribution is 6.41. The molecule has 0 radical (unpaired) electrons. The number of nitrogens with zero attached hydrogens (tertiary/aromatic N) is 2. The molecule has 92 valence electrons. The average Bonchev–Trinajstić information content (AvgIpc) is 2.42. The van der Waals surface area contributed by atoms with E-state index in [0.29, 0.717) is 10.2 Å². The van der Waals surface area contributed by atoms with E-state index in [1.54, 1.807) is 0 Å². The summed E-state index contributed by atoms with van der Waals surface area (Å²) in [6.45, 7) is 3.33. The van der Waals surface area contributed by atoms with E-state index >= 15 is 0 Å². The Hall–Kier alpha value is -0.510. The summed E-state index contributed by atoms with van der Waals surface area (Å²) in [5.41, 5.74) is 1.08. The van der Waals surface area contributed by atoms with Crippen LogP contribution in [0.3, 0.4) is 0 Å². The van der Waals surface area contributed by atoms with Gasteiger partial charge in [0.1, 0.15) is 5.15 Å². The van der Waals surface area contributed by atoms with Crippen molar-refractivity contribution in [1.82, 2.24) is 10.3 Å². The van der Waals surface area contributed by atoms with Crippen LogP contribution in [-0.2, 0) is 0 Å². The normalized spacial score (nSPS) is 28.2. The number of nitrogens with one attached hydrogen (secondary N) is 1. The fraction of sp³-hybridized carbons (Fsp3) is 0.583. The van der Waals surface area contributed by atoms with Crippen LogP contribution in [0.5, 0.6) is 0 Å². The summed E-state index contributed by atoms with van der Waals surface area (Å²) in [7, 11) is 0. The summed E-state index contributed by atoms with van der Waals surface area (Å²) in [5.74, 6) is 0.857. The van der Waals surface area contributed by atoms with Crippen molar-refractivity contribution < 1.29 is 0 Å². The highest BCUT2D eigenvalue weighted by Crippen LogP contribution is 2.29. The fourth-order valence-electron chi connectivity index (χ4n) is 2.66. The molecule has 2 atom stereocenters. The van der Waals surface area contributed by atoms with Gasteiger partial charge in [0.25, 0.3) is 0 Å². The number of aromatic nitrogens is 1. The van der Waals surface area contributed by atoms with Gasteiger partial charge in [-0.05, 0) is 31.4 Å². The molecule has 3 rings (SSSR count). The van der Waals surface area contributed by atoms with Gasteiger partial charge < -0.3 is 10.2 Å². The predicted octanol–water partition coefficient (Wildman–Crippen LogP) is 2.58. The maximum absolute atomic E-state index is 6.01.